The van der Waals surface area contributed by atoms with Crippen LogP contribution in [0, 0.1) is 0 Å². The lowest BCUT2D eigenvalue weighted by Gasteiger charge is -2.13. The fourth-order valence-electron chi connectivity index (χ4n) is 1.91. The van der Waals surface area contributed by atoms with E-state index in [-0.39, 0.29) is 0 Å². The summed E-state index contributed by atoms with van der Waals surface area (Å²) in [6, 6.07) is 4.19. The van der Waals surface area contributed by atoms with Gasteiger partial charge in [-0.1, -0.05) is 15.9 Å². The van der Waals surface area contributed by atoms with E-state index >= 15 is 0 Å². The first kappa shape index (κ1) is 13.5. The Kier molecular flexibility index (Phi) is 3.24. The van der Waals surface area contributed by atoms with Gasteiger partial charge in [-0.15, -0.1) is 0 Å². The molecule has 1 N–H and O–H groups in total. The summed E-state index contributed by atoms with van der Waals surface area (Å²) in [7, 11) is 0. The SMILES string of the molecule is FC(F)(F)c1cc(Br)cc(-n2ccnc2NC2CC2)c1. The van der Waals surface area contributed by atoms with E-state index in [0.717, 1.165) is 25.0 Å². The summed E-state index contributed by atoms with van der Waals surface area (Å²) in [4.78, 5) is 4.15. The van der Waals surface area contributed by atoms with E-state index < -0.39 is 11.7 Å². The highest BCUT2D eigenvalue weighted by Gasteiger charge is 2.31. The Morgan fingerprint density at radius 3 is 2.65 bits per heavy atom. The van der Waals surface area contributed by atoms with Crippen molar-refractivity contribution in [3.63, 3.8) is 0 Å². The summed E-state index contributed by atoms with van der Waals surface area (Å²) in [5, 5.41) is 3.20. The molecule has 1 aliphatic rings. The van der Waals surface area contributed by atoms with Crippen LogP contribution in [-0.4, -0.2) is 15.6 Å². The number of benzene rings is 1. The Hall–Kier alpha value is -1.50. The topological polar surface area (TPSA) is 29.9 Å². The Bertz CT molecular complexity index is 632. The van der Waals surface area contributed by atoms with Gasteiger partial charge in [-0.2, -0.15) is 13.2 Å². The monoisotopic (exact) mass is 345 g/mol. The van der Waals surface area contributed by atoms with Crippen LogP contribution < -0.4 is 5.32 Å². The highest BCUT2D eigenvalue weighted by Crippen LogP contribution is 2.34. The lowest BCUT2D eigenvalue weighted by molar-refractivity contribution is -0.137. The maximum Gasteiger partial charge on any atom is 0.416 e. The van der Waals surface area contributed by atoms with Gasteiger partial charge in [-0.25, -0.2) is 4.98 Å². The van der Waals surface area contributed by atoms with E-state index in [4.69, 9.17) is 0 Å². The van der Waals surface area contributed by atoms with Crippen LogP contribution in [0.15, 0.2) is 35.1 Å². The first-order valence-corrected chi connectivity index (χ1v) is 6.91. The Morgan fingerprint density at radius 2 is 2.00 bits per heavy atom. The second kappa shape index (κ2) is 4.80. The molecule has 0 saturated heterocycles. The Morgan fingerprint density at radius 1 is 1.25 bits per heavy atom. The number of imidazole rings is 1. The van der Waals surface area contributed by atoms with Gasteiger partial charge in [0, 0.05) is 22.9 Å². The van der Waals surface area contributed by atoms with Crippen molar-refractivity contribution < 1.29 is 13.2 Å². The van der Waals surface area contributed by atoms with Gasteiger partial charge in [0.1, 0.15) is 0 Å². The van der Waals surface area contributed by atoms with Crippen LogP contribution in [0.1, 0.15) is 18.4 Å². The molecule has 0 spiro atoms. The highest BCUT2D eigenvalue weighted by atomic mass is 79.9. The van der Waals surface area contributed by atoms with Gasteiger partial charge < -0.3 is 5.32 Å². The molecule has 0 bridgehead atoms. The van der Waals surface area contributed by atoms with Crippen LogP contribution in [0.2, 0.25) is 0 Å². The molecule has 1 saturated carbocycles. The van der Waals surface area contributed by atoms with Crippen molar-refractivity contribution in [1.29, 1.82) is 0 Å². The van der Waals surface area contributed by atoms with Crippen LogP contribution in [-0.2, 0) is 6.18 Å². The zero-order valence-electron chi connectivity index (χ0n) is 10.3. The van der Waals surface area contributed by atoms with Crippen molar-refractivity contribution in [3.05, 3.63) is 40.6 Å². The van der Waals surface area contributed by atoms with E-state index in [2.05, 4.69) is 26.2 Å². The van der Waals surface area contributed by atoms with Crippen LogP contribution in [0.4, 0.5) is 19.1 Å². The summed E-state index contributed by atoms with van der Waals surface area (Å²) >= 11 is 3.12. The molecule has 1 aliphatic carbocycles. The van der Waals surface area contributed by atoms with E-state index in [0.29, 0.717) is 22.2 Å². The number of hydrogen-bond acceptors (Lipinski definition) is 2. The van der Waals surface area contributed by atoms with Gasteiger partial charge in [0.2, 0.25) is 5.95 Å². The van der Waals surface area contributed by atoms with E-state index in [1.54, 1.807) is 23.0 Å². The normalized spacial score (nSPS) is 15.4. The number of aromatic nitrogens is 2. The molecule has 0 unspecified atom stereocenters. The van der Waals surface area contributed by atoms with Crippen molar-refractivity contribution in [2.75, 3.05) is 5.32 Å². The Balaban J connectivity index is 2.01. The molecule has 0 aliphatic heterocycles. The number of halogens is 4. The average molecular weight is 346 g/mol. The molecule has 20 heavy (non-hydrogen) atoms. The zero-order valence-corrected chi connectivity index (χ0v) is 11.9. The predicted octanol–water partition coefficient (Wildman–Crippen LogP) is 4.23. The maximum atomic E-state index is 12.8. The van der Waals surface area contributed by atoms with Crippen LogP contribution in [0.25, 0.3) is 5.69 Å². The predicted molar refractivity (Wildman–Crippen MR) is 72.9 cm³/mol. The number of nitrogens with zero attached hydrogens (tertiary/aromatic N) is 2. The third-order valence-electron chi connectivity index (χ3n) is 3.04. The zero-order chi connectivity index (χ0) is 14.3. The first-order valence-electron chi connectivity index (χ1n) is 6.11. The van der Waals surface area contributed by atoms with E-state index in [9.17, 15) is 13.2 Å². The molecule has 1 fully saturated rings. The van der Waals surface area contributed by atoms with E-state index in [1.165, 1.54) is 0 Å². The third kappa shape index (κ3) is 2.82. The molecule has 1 heterocycles. The van der Waals surface area contributed by atoms with Crippen molar-refractivity contribution in [2.45, 2.75) is 25.1 Å². The van der Waals surface area contributed by atoms with Gasteiger partial charge in [-0.3, -0.25) is 4.57 Å². The summed E-state index contributed by atoms with van der Waals surface area (Å²) in [5.74, 6) is 0.568. The first-order chi connectivity index (χ1) is 9.43. The number of hydrogen-bond donors (Lipinski definition) is 1. The molecule has 2 aromatic rings. The second-order valence-corrected chi connectivity index (χ2v) is 5.65. The van der Waals surface area contributed by atoms with Gasteiger partial charge in [0.25, 0.3) is 0 Å². The van der Waals surface area contributed by atoms with Crippen LogP contribution in [0.5, 0.6) is 0 Å². The minimum absolute atomic E-state index is 0.380. The second-order valence-electron chi connectivity index (χ2n) is 4.74. The molecule has 106 valence electrons. The molecule has 3 rings (SSSR count). The highest BCUT2D eigenvalue weighted by molar-refractivity contribution is 9.10. The van der Waals surface area contributed by atoms with Gasteiger partial charge in [-0.05, 0) is 31.0 Å². The van der Waals surface area contributed by atoms with Gasteiger partial charge >= 0.3 is 6.18 Å². The fourth-order valence-corrected chi connectivity index (χ4v) is 2.39. The molecule has 7 heteroatoms. The molecule has 0 amide bonds. The lowest BCUT2D eigenvalue weighted by atomic mass is 10.2. The number of rotatable bonds is 3. The van der Waals surface area contributed by atoms with Crippen molar-refractivity contribution in [3.8, 4) is 5.69 Å². The summed E-state index contributed by atoms with van der Waals surface area (Å²) < 4.78 is 40.6. The van der Waals surface area contributed by atoms with Gasteiger partial charge in [0.05, 0.1) is 11.3 Å². The minimum Gasteiger partial charge on any atom is -0.353 e. The quantitative estimate of drug-likeness (QED) is 0.902. The van der Waals surface area contributed by atoms with Crippen molar-refractivity contribution >= 4 is 21.9 Å². The fraction of sp³-hybridized carbons (Fsp3) is 0.308. The number of anilines is 1. The van der Waals surface area contributed by atoms with E-state index in [1.807, 2.05) is 0 Å². The molecule has 0 radical (unpaired) electrons. The molecular weight excluding hydrogens is 335 g/mol. The summed E-state index contributed by atoms with van der Waals surface area (Å²) in [6.07, 6.45) is 0.979. The smallest absolute Gasteiger partial charge is 0.353 e. The third-order valence-corrected chi connectivity index (χ3v) is 3.50. The Labute approximate surface area is 121 Å². The van der Waals surface area contributed by atoms with Crippen molar-refractivity contribution in [1.82, 2.24) is 9.55 Å². The molecule has 3 nitrogen and oxygen atoms in total. The molecule has 1 aromatic carbocycles. The average Bonchev–Trinajstić information content (AvgIpc) is 3.03. The largest absolute Gasteiger partial charge is 0.416 e. The lowest BCUT2D eigenvalue weighted by Crippen LogP contribution is -2.10. The molecule has 0 atom stereocenters. The van der Waals surface area contributed by atoms with Crippen molar-refractivity contribution in [2.24, 2.45) is 0 Å². The van der Waals surface area contributed by atoms with Crippen LogP contribution in [0.3, 0.4) is 0 Å². The number of nitrogens with one attached hydrogen (secondary N) is 1. The van der Waals surface area contributed by atoms with Crippen LogP contribution >= 0.6 is 15.9 Å². The van der Waals surface area contributed by atoms with Gasteiger partial charge in [0.15, 0.2) is 0 Å². The minimum atomic E-state index is -4.37. The summed E-state index contributed by atoms with van der Waals surface area (Å²) in [6.45, 7) is 0. The number of alkyl halides is 3. The standard InChI is InChI=1S/C13H11BrF3N3/c14-9-5-8(13(15,16)17)6-11(7-9)20-4-3-18-12(20)19-10-1-2-10/h3-7,10H,1-2H2,(H,18,19). The summed E-state index contributed by atoms with van der Waals surface area (Å²) in [5.41, 5.74) is -0.264. The molecule has 1 aromatic heterocycles. The molecular formula is C13H11BrF3N3. The maximum absolute atomic E-state index is 12.8.